The largest absolute Gasteiger partial charge is 0.497 e. The van der Waals surface area contributed by atoms with Crippen molar-refractivity contribution < 1.29 is 26.7 Å². The lowest BCUT2D eigenvalue weighted by molar-refractivity contribution is 0.102. The first-order chi connectivity index (χ1) is 13.8. The molecule has 0 saturated heterocycles. The number of hydrogen-bond donors (Lipinski definition) is 2. The van der Waals surface area contributed by atoms with E-state index in [-0.39, 0.29) is 11.3 Å². The maximum atomic E-state index is 13.4. The second-order valence-electron chi connectivity index (χ2n) is 5.94. The van der Waals surface area contributed by atoms with Crippen LogP contribution >= 0.6 is 0 Å². The number of halogens is 2. The summed E-state index contributed by atoms with van der Waals surface area (Å²) in [7, 11) is -2.81. The van der Waals surface area contributed by atoms with Crippen LogP contribution in [0.15, 0.2) is 71.6 Å². The molecule has 0 unspecified atom stereocenters. The van der Waals surface area contributed by atoms with Gasteiger partial charge in [-0.1, -0.05) is 12.1 Å². The van der Waals surface area contributed by atoms with E-state index < -0.39 is 32.5 Å². The lowest BCUT2D eigenvalue weighted by Crippen LogP contribution is -2.19. The predicted octanol–water partition coefficient (Wildman–Crippen LogP) is 4.03. The summed E-state index contributed by atoms with van der Waals surface area (Å²) in [5.74, 6) is -2.02. The maximum Gasteiger partial charge on any atom is 0.262 e. The average molecular weight is 418 g/mol. The van der Waals surface area contributed by atoms with Crippen molar-refractivity contribution in [3.63, 3.8) is 0 Å². The monoisotopic (exact) mass is 418 g/mol. The van der Waals surface area contributed by atoms with Crippen molar-refractivity contribution in [2.45, 2.75) is 4.90 Å². The van der Waals surface area contributed by atoms with Gasteiger partial charge in [-0.2, -0.15) is 0 Å². The van der Waals surface area contributed by atoms with Gasteiger partial charge in [0.15, 0.2) is 0 Å². The van der Waals surface area contributed by atoms with E-state index >= 15 is 0 Å². The third-order valence-electron chi connectivity index (χ3n) is 3.91. The quantitative estimate of drug-likeness (QED) is 0.633. The van der Waals surface area contributed by atoms with Gasteiger partial charge in [-0.25, -0.2) is 17.2 Å². The molecule has 0 aliphatic carbocycles. The molecule has 0 radical (unpaired) electrons. The van der Waals surface area contributed by atoms with Crippen molar-refractivity contribution in [1.29, 1.82) is 0 Å². The highest BCUT2D eigenvalue weighted by Crippen LogP contribution is 2.23. The van der Waals surface area contributed by atoms with Crippen molar-refractivity contribution >= 4 is 27.3 Å². The summed E-state index contributed by atoms with van der Waals surface area (Å²) in [6.45, 7) is 0. The second kappa shape index (κ2) is 8.27. The van der Waals surface area contributed by atoms with Gasteiger partial charge in [-0.15, -0.1) is 0 Å². The molecule has 0 spiro atoms. The first kappa shape index (κ1) is 20.3. The molecule has 9 heteroatoms. The summed E-state index contributed by atoms with van der Waals surface area (Å²) in [5.41, 5.74) is 0.465. The smallest absolute Gasteiger partial charge is 0.262 e. The van der Waals surface area contributed by atoms with E-state index in [1.807, 2.05) is 0 Å². The number of sulfonamides is 1. The molecular weight excluding hydrogens is 402 g/mol. The molecule has 0 saturated carbocycles. The van der Waals surface area contributed by atoms with Crippen LogP contribution in [0.4, 0.5) is 20.2 Å². The van der Waals surface area contributed by atoms with E-state index in [9.17, 15) is 22.0 Å². The highest BCUT2D eigenvalue weighted by Gasteiger charge is 2.20. The molecule has 0 aliphatic rings. The summed E-state index contributed by atoms with van der Waals surface area (Å²) < 4.78 is 59.1. The van der Waals surface area contributed by atoms with Crippen LogP contribution < -0.4 is 14.8 Å². The van der Waals surface area contributed by atoms with Crippen molar-refractivity contribution in [2.75, 3.05) is 17.1 Å². The minimum absolute atomic E-state index is 0.0313. The SMILES string of the molecule is COc1ccc(NC(=O)c2ccccc2NS(=O)(=O)c2cc(F)cc(F)c2)cc1. The third kappa shape index (κ3) is 4.88. The summed E-state index contributed by atoms with van der Waals surface area (Å²) in [4.78, 5) is 12.0. The number of amides is 1. The van der Waals surface area contributed by atoms with Gasteiger partial charge in [-0.05, 0) is 48.5 Å². The van der Waals surface area contributed by atoms with Crippen molar-refractivity contribution in [3.05, 3.63) is 83.9 Å². The van der Waals surface area contributed by atoms with E-state index in [4.69, 9.17) is 4.74 Å². The fourth-order valence-corrected chi connectivity index (χ4v) is 3.65. The van der Waals surface area contributed by atoms with Crippen LogP contribution in [-0.2, 0) is 10.0 Å². The maximum absolute atomic E-state index is 13.4. The number of nitrogens with one attached hydrogen (secondary N) is 2. The Labute approximate surface area is 166 Å². The fraction of sp³-hybridized carbons (Fsp3) is 0.0500. The number of rotatable bonds is 6. The van der Waals surface area contributed by atoms with E-state index in [1.54, 1.807) is 30.3 Å². The number of hydrogen-bond acceptors (Lipinski definition) is 4. The number of benzene rings is 3. The van der Waals surface area contributed by atoms with E-state index in [2.05, 4.69) is 10.0 Å². The molecule has 29 heavy (non-hydrogen) atoms. The zero-order chi connectivity index (χ0) is 21.0. The van der Waals surface area contributed by atoms with E-state index in [0.29, 0.717) is 29.6 Å². The molecule has 0 heterocycles. The first-order valence-corrected chi connectivity index (χ1v) is 9.80. The molecule has 3 aromatic carbocycles. The molecule has 150 valence electrons. The van der Waals surface area contributed by atoms with Gasteiger partial charge in [0, 0.05) is 11.8 Å². The Balaban J connectivity index is 1.87. The van der Waals surface area contributed by atoms with Crippen LogP contribution in [0.1, 0.15) is 10.4 Å². The normalized spacial score (nSPS) is 11.0. The Bertz CT molecular complexity index is 1130. The zero-order valence-electron chi connectivity index (χ0n) is 15.1. The van der Waals surface area contributed by atoms with E-state index in [1.165, 1.54) is 25.3 Å². The third-order valence-corrected chi connectivity index (χ3v) is 5.26. The van der Waals surface area contributed by atoms with Gasteiger partial charge in [-0.3, -0.25) is 9.52 Å². The van der Waals surface area contributed by atoms with Crippen LogP contribution in [0.2, 0.25) is 0 Å². The van der Waals surface area contributed by atoms with Gasteiger partial charge in [0.25, 0.3) is 15.9 Å². The molecule has 1 amide bonds. The lowest BCUT2D eigenvalue weighted by Gasteiger charge is -2.13. The summed E-state index contributed by atoms with van der Waals surface area (Å²) in [6, 6.07) is 14.4. The molecular formula is C20H16F2N2O4S. The number of para-hydroxylation sites is 1. The first-order valence-electron chi connectivity index (χ1n) is 8.32. The Kier molecular flexibility index (Phi) is 5.79. The van der Waals surface area contributed by atoms with Crippen molar-refractivity contribution in [3.8, 4) is 5.75 Å². The summed E-state index contributed by atoms with van der Waals surface area (Å²) in [5, 5.41) is 2.64. The topological polar surface area (TPSA) is 84.5 Å². The van der Waals surface area contributed by atoms with Gasteiger partial charge >= 0.3 is 0 Å². The molecule has 0 bridgehead atoms. The number of ether oxygens (including phenoxy) is 1. The average Bonchev–Trinajstić information content (AvgIpc) is 2.68. The number of carbonyl (C=O) groups is 1. The molecule has 0 aromatic heterocycles. The van der Waals surface area contributed by atoms with Crippen LogP contribution in [-0.4, -0.2) is 21.4 Å². The molecule has 0 aliphatic heterocycles. The predicted molar refractivity (Wildman–Crippen MR) is 105 cm³/mol. The zero-order valence-corrected chi connectivity index (χ0v) is 16.0. The van der Waals surface area contributed by atoms with Crippen LogP contribution in [0.5, 0.6) is 5.75 Å². The minimum atomic E-state index is -4.32. The molecule has 6 nitrogen and oxygen atoms in total. The highest BCUT2D eigenvalue weighted by molar-refractivity contribution is 7.92. The van der Waals surface area contributed by atoms with Crippen LogP contribution in [0.25, 0.3) is 0 Å². The van der Waals surface area contributed by atoms with Gasteiger partial charge in [0.1, 0.15) is 17.4 Å². The molecule has 2 N–H and O–H groups in total. The summed E-state index contributed by atoms with van der Waals surface area (Å²) in [6.07, 6.45) is 0. The Hall–Kier alpha value is -3.46. The van der Waals surface area contributed by atoms with Crippen LogP contribution in [0.3, 0.4) is 0 Å². The lowest BCUT2D eigenvalue weighted by atomic mass is 10.1. The van der Waals surface area contributed by atoms with Gasteiger partial charge < -0.3 is 10.1 Å². The fourth-order valence-electron chi connectivity index (χ4n) is 2.53. The van der Waals surface area contributed by atoms with E-state index in [0.717, 1.165) is 0 Å². The van der Waals surface area contributed by atoms with Crippen molar-refractivity contribution in [1.82, 2.24) is 0 Å². The Morgan fingerprint density at radius 3 is 2.17 bits per heavy atom. The van der Waals surface area contributed by atoms with Gasteiger partial charge in [0.05, 0.1) is 23.3 Å². The standard InChI is InChI=1S/C20H16F2N2O4S/c1-28-16-8-6-15(7-9-16)23-20(25)18-4-2-3-5-19(18)24-29(26,27)17-11-13(21)10-14(22)12-17/h2-12,24H,1H3,(H,23,25). The molecule has 3 rings (SSSR count). The Morgan fingerprint density at radius 1 is 0.931 bits per heavy atom. The van der Waals surface area contributed by atoms with Crippen molar-refractivity contribution in [2.24, 2.45) is 0 Å². The highest BCUT2D eigenvalue weighted by atomic mass is 32.2. The number of anilines is 2. The number of methoxy groups -OCH3 is 1. The second-order valence-corrected chi connectivity index (χ2v) is 7.62. The summed E-state index contributed by atoms with van der Waals surface area (Å²) >= 11 is 0. The molecule has 3 aromatic rings. The van der Waals surface area contributed by atoms with Crippen LogP contribution in [0, 0.1) is 11.6 Å². The Morgan fingerprint density at radius 2 is 1.55 bits per heavy atom. The minimum Gasteiger partial charge on any atom is -0.497 e. The van der Waals surface area contributed by atoms with Gasteiger partial charge in [0.2, 0.25) is 0 Å². The number of carbonyl (C=O) groups excluding carboxylic acids is 1. The molecule has 0 atom stereocenters. The molecule has 0 fully saturated rings.